The SMILES string of the molecule is COc1cccc(SCC(=O)NC2(C(=O)O)CCCCCC2)c1. The molecule has 1 amide bonds. The number of thioether (sulfide) groups is 1. The minimum absolute atomic E-state index is 0.197. The van der Waals surface area contributed by atoms with Gasteiger partial charge in [-0.15, -0.1) is 11.8 Å². The lowest BCUT2D eigenvalue weighted by Crippen LogP contribution is -2.54. The molecule has 1 fully saturated rings. The van der Waals surface area contributed by atoms with Crippen LogP contribution in [0.1, 0.15) is 38.5 Å². The molecule has 1 saturated carbocycles. The van der Waals surface area contributed by atoms with Crippen LogP contribution in [0.2, 0.25) is 0 Å². The maximum Gasteiger partial charge on any atom is 0.329 e. The Bertz CT molecular complexity index is 553. The minimum atomic E-state index is -1.09. The first kappa shape index (κ1) is 17.7. The summed E-state index contributed by atoms with van der Waals surface area (Å²) in [7, 11) is 1.60. The van der Waals surface area contributed by atoms with E-state index in [2.05, 4.69) is 5.32 Å². The van der Waals surface area contributed by atoms with Crippen LogP contribution in [0.15, 0.2) is 29.2 Å². The van der Waals surface area contributed by atoms with Crippen molar-refractivity contribution in [1.29, 1.82) is 0 Å². The standard InChI is InChI=1S/C17H23NO4S/c1-22-13-7-6-8-14(11-13)23-12-15(19)18-17(16(20)21)9-4-2-3-5-10-17/h6-8,11H,2-5,9-10,12H2,1H3,(H,18,19)(H,20,21). The summed E-state index contributed by atoms with van der Waals surface area (Å²) in [6, 6.07) is 7.47. The van der Waals surface area contributed by atoms with Crippen molar-refractivity contribution < 1.29 is 19.4 Å². The van der Waals surface area contributed by atoms with E-state index < -0.39 is 11.5 Å². The normalized spacial score (nSPS) is 17.1. The van der Waals surface area contributed by atoms with Gasteiger partial charge in [0, 0.05) is 4.90 Å². The van der Waals surface area contributed by atoms with Crippen molar-refractivity contribution in [3.63, 3.8) is 0 Å². The number of methoxy groups -OCH3 is 1. The largest absolute Gasteiger partial charge is 0.497 e. The average Bonchev–Trinajstić information content (AvgIpc) is 2.80. The van der Waals surface area contributed by atoms with Crippen molar-refractivity contribution in [2.24, 2.45) is 0 Å². The van der Waals surface area contributed by atoms with Crippen LogP contribution >= 0.6 is 11.8 Å². The summed E-state index contributed by atoms with van der Waals surface area (Å²) in [6.45, 7) is 0. The zero-order chi connectivity index (χ0) is 16.7. The number of rotatable bonds is 6. The highest BCUT2D eigenvalue weighted by atomic mass is 32.2. The number of ether oxygens (including phenoxy) is 1. The molecule has 0 bridgehead atoms. The van der Waals surface area contributed by atoms with E-state index in [9.17, 15) is 14.7 Å². The molecule has 0 aliphatic heterocycles. The molecule has 5 nitrogen and oxygen atoms in total. The highest BCUT2D eigenvalue weighted by Gasteiger charge is 2.39. The van der Waals surface area contributed by atoms with Gasteiger partial charge in [-0.1, -0.05) is 31.7 Å². The molecular weight excluding hydrogens is 314 g/mol. The van der Waals surface area contributed by atoms with E-state index >= 15 is 0 Å². The summed E-state index contributed by atoms with van der Waals surface area (Å²) in [4.78, 5) is 24.8. The van der Waals surface area contributed by atoms with Gasteiger partial charge in [-0.25, -0.2) is 4.79 Å². The topological polar surface area (TPSA) is 75.6 Å². The monoisotopic (exact) mass is 337 g/mol. The molecule has 2 N–H and O–H groups in total. The second kappa shape index (κ2) is 8.24. The maximum atomic E-state index is 12.2. The average molecular weight is 337 g/mol. The van der Waals surface area contributed by atoms with Crippen LogP contribution in [0.5, 0.6) is 5.75 Å². The molecule has 2 rings (SSSR count). The molecule has 126 valence electrons. The number of hydrogen-bond donors (Lipinski definition) is 2. The maximum absolute atomic E-state index is 12.2. The fraction of sp³-hybridized carbons (Fsp3) is 0.529. The Morgan fingerprint density at radius 3 is 2.57 bits per heavy atom. The van der Waals surface area contributed by atoms with Crippen molar-refractivity contribution in [3.8, 4) is 5.75 Å². The Hall–Kier alpha value is -1.69. The predicted molar refractivity (Wildman–Crippen MR) is 89.9 cm³/mol. The molecule has 0 unspecified atom stereocenters. The van der Waals surface area contributed by atoms with Gasteiger partial charge in [-0.2, -0.15) is 0 Å². The zero-order valence-corrected chi connectivity index (χ0v) is 14.2. The van der Waals surface area contributed by atoms with Crippen LogP contribution in [0.4, 0.5) is 0 Å². The number of aliphatic carboxylic acids is 1. The molecule has 0 heterocycles. The zero-order valence-electron chi connectivity index (χ0n) is 13.3. The fourth-order valence-electron chi connectivity index (χ4n) is 2.87. The Labute approximate surface area is 140 Å². The number of benzene rings is 1. The Balaban J connectivity index is 1.95. The Kier molecular flexibility index (Phi) is 6.33. The molecule has 0 radical (unpaired) electrons. The summed E-state index contributed by atoms with van der Waals surface area (Å²) in [6.07, 6.45) is 4.77. The molecule has 1 aromatic carbocycles. The first-order valence-electron chi connectivity index (χ1n) is 7.87. The Morgan fingerprint density at radius 1 is 1.26 bits per heavy atom. The number of hydrogen-bond acceptors (Lipinski definition) is 4. The number of carboxylic acids is 1. The minimum Gasteiger partial charge on any atom is -0.497 e. The van der Waals surface area contributed by atoms with Crippen LogP contribution in [0.3, 0.4) is 0 Å². The van der Waals surface area contributed by atoms with Crippen LogP contribution in [0, 0.1) is 0 Å². The van der Waals surface area contributed by atoms with Crippen LogP contribution in [0.25, 0.3) is 0 Å². The van der Waals surface area contributed by atoms with Crippen molar-refractivity contribution in [3.05, 3.63) is 24.3 Å². The van der Waals surface area contributed by atoms with Crippen molar-refractivity contribution >= 4 is 23.6 Å². The van der Waals surface area contributed by atoms with Gasteiger partial charge in [0.1, 0.15) is 11.3 Å². The van der Waals surface area contributed by atoms with Gasteiger partial charge in [0.05, 0.1) is 12.9 Å². The molecule has 0 saturated heterocycles. The van der Waals surface area contributed by atoms with E-state index in [1.165, 1.54) is 11.8 Å². The molecular formula is C17H23NO4S. The second-order valence-corrected chi connectivity index (χ2v) is 6.87. The molecule has 23 heavy (non-hydrogen) atoms. The van der Waals surface area contributed by atoms with E-state index in [0.717, 1.165) is 36.3 Å². The second-order valence-electron chi connectivity index (χ2n) is 5.82. The first-order chi connectivity index (χ1) is 11.1. The number of carbonyl (C=O) groups is 2. The summed E-state index contributed by atoms with van der Waals surface area (Å²) < 4.78 is 5.15. The van der Waals surface area contributed by atoms with Gasteiger partial charge < -0.3 is 15.2 Å². The summed E-state index contributed by atoms with van der Waals surface area (Å²) in [5.41, 5.74) is -1.09. The third kappa shape index (κ3) is 4.89. The van der Waals surface area contributed by atoms with E-state index in [-0.39, 0.29) is 11.7 Å². The highest BCUT2D eigenvalue weighted by molar-refractivity contribution is 8.00. The van der Waals surface area contributed by atoms with E-state index in [1.807, 2.05) is 24.3 Å². The number of carboxylic acid groups (broad SMARTS) is 1. The van der Waals surface area contributed by atoms with Crippen LogP contribution < -0.4 is 10.1 Å². The van der Waals surface area contributed by atoms with Crippen LogP contribution in [-0.4, -0.2) is 35.4 Å². The van der Waals surface area contributed by atoms with Gasteiger partial charge in [0.25, 0.3) is 0 Å². The van der Waals surface area contributed by atoms with Gasteiger partial charge >= 0.3 is 5.97 Å². The van der Waals surface area contributed by atoms with Gasteiger partial charge in [0.15, 0.2) is 0 Å². The smallest absolute Gasteiger partial charge is 0.329 e. The third-order valence-corrected chi connectivity index (χ3v) is 5.15. The predicted octanol–water partition coefficient (Wildman–Crippen LogP) is 3.08. The Morgan fingerprint density at radius 2 is 1.96 bits per heavy atom. The fourth-order valence-corrected chi connectivity index (χ4v) is 3.61. The van der Waals surface area contributed by atoms with Gasteiger partial charge in [0.2, 0.25) is 5.91 Å². The summed E-state index contributed by atoms with van der Waals surface area (Å²) in [5.74, 6) is -0.218. The third-order valence-electron chi connectivity index (χ3n) is 4.16. The number of amides is 1. The first-order valence-corrected chi connectivity index (χ1v) is 8.85. The van der Waals surface area contributed by atoms with E-state index in [4.69, 9.17) is 4.74 Å². The summed E-state index contributed by atoms with van der Waals surface area (Å²) in [5, 5.41) is 12.4. The summed E-state index contributed by atoms with van der Waals surface area (Å²) >= 11 is 1.38. The molecule has 6 heteroatoms. The molecule has 0 aromatic heterocycles. The lowest BCUT2D eigenvalue weighted by atomic mass is 9.90. The van der Waals surface area contributed by atoms with Crippen molar-refractivity contribution in [2.45, 2.75) is 49.0 Å². The highest BCUT2D eigenvalue weighted by Crippen LogP contribution is 2.28. The van der Waals surface area contributed by atoms with E-state index in [0.29, 0.717) is 12.8 Å². The van der Waals surface area contributed by atoms with Crippen molar-refractivity contribution in [1.82, 2.24) is 5.32 Å². The van der Waals surface area contributed by atoms with Gasteiger partial charge in [-0.3, -0.25) is 4.79 Å². The number of nitrogens with one attached hydrogen (secondary N) is 1. The molecule has 1 aliphatic rings. The molecule has 0 atom stereocenters. The quantitative estimate of drug-likeness (QED) is 0.616. The molecule has 0 spiro atoms. The lowest BCUT2D eigenvalue weighted by molar-refractivity contribution is -0.148. The lowest BCUT2D eigenvalue weighted by Gasteiger charge is -2.29. The molecule has 1 aromatic rings. The van der Waals surface area contributed by atoms with Crippen molar-refractivity contribution in [2.75, 3.05) is 12.9 Å². The van der Waals surface area contributed by atoms with Crippen LogP contribution in [-0.2, 0) is 9.59 Å². The van der Waals surface area contributed by atoms with E-state index in [1.54, 1.807) is 7.11 Å². The van der Waals surface area contributed by atoms with Gasteiger partial charge in [-0.05, 0) is 31.0 Å². The molecule has 1 aliphatic carbocycles. The number of carbonyl (C=O) groups excluding carboxylic acids is 1.